The van der Waals surface area contributed by atoms with E-state index in [0.29, 0.717) is 0 Å². The number of allylic oxidation sites excluding steroid dienone is 8. The second-order valence-corrected chi connectivity index (χ2v) is 1.97. The first-order valence-electron chi connectivity index (χ1n) is 2.74. The van der Waals surface area contributed by atoms with Crippen LogP contribution in [0.15, 0.2) is 47.6 Å². The first-order valence-corrected chi connectivity index (χ1v) is 2.74. The number of halogens is 1. The maximum absolute atomic E-state index is 2.17. The summed E-state index contributed by atoms with van der Waals surface area (Å²) in [4.78, 5) is 0. The third-order valence-electron chi connectivity index (χ3n) is 1.33. The van der Waals surface area contributed by atoms with Gasteiger partial charge in [0, 0.05) is 0 Å². The van der Waals surface area contributed by atoms with E-state index in [1.807, 2.05) is 6.08 Å². The van der Waals surface area contributed by atoms with Gasteiger partial charge in [-0.3, -0.25) is 0 Å². The van der Waals surface area contributed by atoms with Gasteiger partial charge in [-0.15, -0.1) is 12.4 Å². The van der Waals surface area contributed by atoms with E-state index in [-0.39, 0.29) is 12.4 Å². The third-order valence-corrected chi connectivity index (χ3v) is 1.33. The van der Waals surface area contributed by atoms with E-state index >= 15 is 0 Å². The van der Waals surface area contributed by atoms with Crippen molar-refractivity contribution in [2.75, 3.05) is 0 Å². The minimum absolute atomic E-state index is 0. The lowest BCUT2D eigenvalue weighted by Gasteiger charge is -1.67. The Morgan fingerprint density at radius 1 is 0.889 bits per heavy atom. The van der Waals surface area contributed by atoms with Crippen LogP contribution < -0.4 is 0 Å². The summed E-state index contributed by atoms with van der Waals surface area (Å²) in [5.74, 6) is 0. The van der Waals surface area contributed by atoms with Crippen LogP contribution in [-0.2, 0) is 0 Å². The number of hydrogen-bond acceptors (Lipinski definition) is 0. The molecule has 2 aliphatic carbocycles. The molecule has 0 nitrogen and oxygen atoms in total. The Labute approximate surface area is 60.7 Å². The van der Waals surface area contributed by atoms with Crippen LogP contribution in [0.25, 0.3) is 0 Å². The molecule has 0 heterocycles. The van der Waals surface area contributed by atoms with Gasteiger partial charge >= 0.3 is 0 Å². The van der Waals surface area contributed by atoms with Crippen LogP contribution in [0.1, 0.15) is 0 Å². The van der Waals surface area contributed by atoms with Crippen molar-refractivity contribution in [2.45, 2.75) is 0 Å². The lowest BCUT2D eigenvalue weighted by molar-refractivity contribution is 1.87. The van der Waals surface area contributed by atoms with Gasteiger partial charge in [-0.05, 0) is 17.2 Å². The molecule has 0 aromatic carbocycles. The minimum Gasteiger partial charge on any atom is -0.147 e. The van der Waals surface area contributed by atoms with Gasteiger partial charge in [0.25, 0.3) is 0 Å². The molecule has 0 aliphatic heterocycles. The monoisotopic (exact) mass is 138 g/mol. The predicted molar refractivity (Wildman–Crippen MR) is 41.7 cm³/mol. The summed E-state index contributed by atoms with van der Waals surface area (Å²) < 4.78 is 0. The second kappa shape index (κ2) is 2.24. The van der Waals surface area contributed by atoms with Crippen molar-refractivity contribution in [3.05, 3.63) is 47.6 Å². The molecule has 0 saturated carbocycles. The predicted octanol–water partition coefficient (Wildman–Crippen LogP) is 2.40. The van der Waals surface area contributed by atoms with E-state index in [1.54, 1.807) is 0 Å². The largest absolute Gasteiger partial charge is 0.147 e. The number of rotatable bonds is 0. The molecule has 0 unspecified atom stereocenters. The lowest BCUT2D eigenvalue weighted by Crippen LogP contribution is -1.49. The summed E-state index contributed by atoms with van der Waals surface area (Å²) in [5, 5.41) is 0. The average molecular weight is 139 g/mol. The van der Waals surface area contributed by atoms with Gasteiger partial charge in [0.2, 0.25) is 0 Å². The Morgan fingerprint density at radius 2 is 1.78 bits per heavy atom. The van der Waals surface area contributed by atoms with Gasteiger partial charge in [-0.25, -0.2) is 0 Å². The van der Waals surface area contributed by atoms with Crippen molar-refractivity contribution in [2.24, 2.45) is 0 Å². The molecular formula is C8H7Cl. The molecule has 0 aromatic heterocycles. The summed E-state index contributed by atoms with van der Waals surface area (Å²) in [6, 6.07) is 0. The fraction of sp³-hybridized carbons (Fsp3) is 0. The van der Waals surface area contributed by atoms with Gasteiger partial charge in [0.1, 0.15) is 0 Å². The highest BCUT2D eigenvalue weighted by Gasteiger charge is 2.11. The molecule has 0 fully saturated rings. The Bertz CT molecular complexity index is 229. The van der Waals surface area contributed by atoms with Crippen LogP contribution in [-0.4, -0.2) is 0 Å². The molecule has 0 atom stereocenters. The Hall–Kier alpha value is -0.750. The van der Waals surface area contributed by atoms with Gasteiger partial charge in [0.05, 0.1) is 0 Å². The van der Waals surface area contributed by atoms with Gasteiger partial charge in [0.15, 0.2) is 0 Å². The van der Waals surface area contributed by atoms with Gasteiger partial charge < -0.3 is 0 Å². The molecule has 0 saturated heterocycles. The smallest absolute Gasteiger partial charge is 0.0178 e. The van der Waals surface area contributed by atoms with E-state index in [2.05, 4.69) is 30.4 Å². The minimum atomic E-state index is 0. The standard InChI is InChI=1S/C8H6.ClH/c1-2-4-7-6-8(7)5-3-1;/h1-6H;1H. The normalized spacial score (nSPS) is 18.7. The average Bonchev–Trinajstić information content (AvgIpc) is 2.36. The van der Waals surface area contributed by atoms with Crippen molar-refractivity contribution in [1.29, 1.82) is 0 Å². The van der Waals surface area contributed by atoms with E-state index in [4.69, 9.17) is 0 Å². The highest BCUT2D eigenvalue weighted by Crippen LogP contribution is 2.29. The zero-order chi connectivity index (χ0) is 5.40. The highest BCUT2D eigenvalue weighted by molar-refractivity contribution is 5.85. The quantitative estimate of drug-likeness (QED) is 0.482. The number of hydrogen-bond donors (Lipinski definition) is 0. The van der Waals surface area contributed by atoms with Crippen LogP contribution in [0.4, 0.5) is 0 Å². The molecular weight excluding hydrogens is 132 g/mol. The topological polar surface area (TPSA) is 0 Å². The molecule has 2 aliphatic rings. The Morgan fingerprint density at radius 3 is 2.67 bits per heavy atom. The fourth-order valence-corrected chi connectivity index (χ4v) is 0.803. The van der Waals surface area contributed by atoms with Crippen molar-refractivity contribution >= 4 is 12.4 Å². The van der Waals surface area contributed by atoms with E-state index in [1.165, 1.54) is 11.1 Å². The summed E-state index contributed by atoms with van der Waals surface area (Å²) in [7, 11) is 0. The van der Waals surface area contributed by atoms with E-state index in [0.717, 1.165) is 0 Å². The Kier molecular flexibility index (Phi) is 1.58. The van der Waals surface area contributed by atoms with Gasteiger partial charge in [-0.2, -0.15) is 0 Å². The molecule has 46 valence electrons. The summed E-state index contributed by atoms with van der Waals surface area (Å²) in [6.07, 6.45) is 12.6. The molecule has 0 spiro atoms. The molecule has 0 radical (unpaired) electrons. The van der Waals surface area contributed by atoms with E-state index in [9.17, 15) is 0 Å². The fourth-order valence-electron chi connectivity index (χ4n) is 0.803. The van der Waals surface area contributed by atoms with Crippen molar-refractivity contribution in [3.8, 4) is 0 Å². The van der Waals surface area contributed by atoms with Crippen molar-refractivity contribution in [3.63, 3.8) is 0 Å². The first-order chi connectivity index (χ1) is 3.97. The third kappa shape index (κ3) is 1.14. The second-order valence-electron chi connectivity index (χ2n) is 1.97. The molecule has 0 amide bonds. The maximum atomic E-state index is 2.17. The van der Waals surface area contributed by atoms with Crippen molar-refractivity contribution in [1.82, 2.24) is 0 Å². The Balaban J connectivity index is 0.000000405. The molecule has 9 heavy (non-hydrogen) atoms. The molecule has 0 N–H and O–H groups in total. The highest BCUT2D eigenvalue weighted by atomic mass is 35.5. The SMILES string of the molecule is C1=CC=C2C=C2C=C1.Cl. The summed E-state index contributed by atoms with van der Waals surface area (Å²) in [5.41, 5.74) is 2.77. The van der Waals surface area contributed by atoms with Crippen LogP contribution in [0, 0.1) is 0 Å². The molecule has 2 rings (SSSR count). The summed E-state index contributed by atoms with van der Waals surface area (Å²) in [6.45, 7) is 0. The summed E-state index contributed by atoms with van der Waals surface area (Å²) >= 11 is 0. The zero-order valence-corrected chi connectivity index (χ0v) is 5.69. The first kappa shape index (κ1) is 6.37. The van der Waals surface area contributed by atoms with Crippen LogP contribution in [0.5, 0.6) is 0 Å². The molecule has 1 heteroatoms. The van der Waals surface area contributed by atoms with Gasteiger partial charge in [-0.1, -0.05) is 30.4 Å². The zero-order valence-electron chi connectivity index (χ0n) is 4.87. The van der Waals surface area contributed by atoms with Crippen LogP contribution in [0.2, 0.25) is 0 Å². The lowest BCUT2D eigenvalue weighted by atomic mass is 10.4. The van der Waals surface area contributed by atoms with E-state index < -0.39 is 0 Å². The van der Waals surface area contributed by atoms with Crippen molar-refractivity contribution < 1.29 is 0 Å². The number of fused-ring (bicyclic) bond motifs is 1. The van der Waals surface area contributed by atoms with Crippen LogP contribution in [0.3, 0.4) is 0 Å². The molecule has 0 aromatic rings. The maximum Gasteiger partial charge on any atom is -0.0178 e. The molecule has 0 bridgehead atoms. The van der Waals surface area contributed by atoms with Crippen LogP contribution >= 0.6 is 12.4 Å².